The van der Waals surface area contributed by atoms with E-state index in [0.29, 0.717) is 12.3 Å². The van der Waals surface area contributed by atoms with Crippen LogP contribution in [0, 0.1) is 5.92 Å². The molecule has 0 saturated heterocycles. The molecule has 0 bridgehead atoms. The molecule has 2 rings (SSSR count). The average molecular weight is 266 g/mol. The smallest absolute Gasteiger partial charge is 0.308 e. The van der Waals surface area contributed by atoms with E-state index in [0.717, 1.165) is 16.3 Å². The van der Waals surface area contributed by atoms with Gasteiger partial charge in [-0.05, 0) is 18.2 Å². The van der Waals surface area contributed by atoms with Crippen molar-refractivity contribution in [1.82, 2.24) is 0 Å². The Morgan fingerprint density at radius 1 is 1.61 bits per heavy atom. The van der Waals surface area contributed by atoms with Crippen LogP contribution >= 0.6 is 11.8 Å². The van der Waals surface area contributed by atoms with Gasteiger partial charge < -0.3 is 15.7 Å². The molecule has 1 amide bonds. The predicted octanol–water partition coefficient (Wildman–Crippen LogP) is 1.86. The zero-order valence-corrected chi connectivity index (χ0v) is 10.7. The second-order valence-corrected chi connectivity index (χ2v) is 5.19. The van der Waals surface area contributed by atoms with Crippen molar-refractivity contribution in [2.75, 3.05) is 22.9 Å². The number of benzene rings is 1. The van der Waals surface area contributed by atoms with Gasteiger partial charge in [-0.2, -0.15) is 0 Å². The fourth-order valence-corrected chi connectivity index (χ4v) is 2.34. The molecule has 18 heavy (non-hydrogen) atoms. The number of thioether (sulfide) groups is 1. The molecule has 1 heterocycles. The Kier molecular flexibility index (Phi) is 3.76. The van der Waals surface area contributed by atoms with Gasteiger partial charge in [0.05, 0.1) is 17.4 Å². The SMILES string of the molecule is CC(CNc1ccc2c(c1)NC(=O)CS2)C(=O)O. The van der Waals surface area contributed by atoms with E-state index in [1.54, 1.807) is 6.92 Å². The highest BCUT2D eigenvalue weighted by Crippen LogP contribution is 2.33. The average Bonchev–Trinajstić information content (AvgIpc) is 2.35. The van der Waals surface area contributed by atoms with E-state index in [-0.39, 0.29) is 5.91 Å². The molecule has 0 spiro atoms. The summed E-state index contributed by atoms with van der Waals surface area (Å²) in [5.41, 5.74) is 1.59. The molecule has 96 valence electrons. The molecule has 0 radical (unpaired) electrons. The topological polar surface area (TPSA) is 78.4 Å². The van der Waals surface area contributed by atoms with Gasteiger partial charge in [0.1, 0.15) is 0 Å². The molecule has 0 fully saturated rings. The van der Waals surface area contributed by atoms with Gasteiger partial charge in [0.25, 0.3) is 0 Å². The van der Waals surface area contributed by atoms with Crippen LogP contribution in [-0.2, 0) is 9.59 Å². The van der Waals surface area contributed by atoms with Crippen molar-refractivity contribution in [3.8, 4) is 0 Å². The van der Waals surface area contributed by atoms with Crippen molar-refractivity contribution in [2.45, 2.75) is 11.8 Å². The third kappa shape index (κ3) is 2.95. The number of aliphatic carboxylic acids is 1. The lowest BCUT2D eigenvalue weighted by Crippen LogP contribution is -2.21. The maximum absolute atomic E-state index is 11.3. The van der Waals surface area contributed by atoms with E-state index < -0.39 is 11.9 Å². The van der Waals surface area contributed by atoms with Crippen LogP contribution in [0.2, 0.25) is 0 Å². The first-order chi connectivity index (χ1) is 8.56. The minimum Gasteiger partial charge on any atom is -0.481 e. The normalized spacial score (nSPS) is 15.5. The molecule has 0 aromatic heterocycles. The van der Waals surface area contributed by atoms with Crippen molar-refractivity contribution in [2.24, 2.45) is 5.92 Å². The van der Waals surface area contributed by atoms with Crippen molar-refractivity contribution < 1.29 is 14.7 Å². The molecule has 1 aromatic carbocycles. The van der Waals surface area contributed by atoms with Crippen LogP contribution in [0.5, 0.6) is 0 Å². The number of anilines is 2. The number of carboxylic acid groups (broad SMARTS) is 1. The highest BCUT2D eigenvalue weighted by atomic mass is 32.2. The van der Waals surface area contributed by atoms with Gasteiger partial charge in [0.2, 0.25) is 5.91 Å². The van der Waals surface area contributed by atoms with E-state index in [9.17, 15) is 9.59 Å². The Bertz CT molecular complexity index is 490. The Balaban J connectivity index is 2.04. The lowest BCUT2D eigenvalue weighted by molar-refractivity contribution is -0.140. The van der Waals surface area contributed by atoms with Gasteiger partial charge in [-0.25, -0.2) is 0 Å². The number of hydrogen-bond donors (Lipinski definition) is 3. The maximum Gasteiger partial charge on any atom is 0.308 e. The molecule has 5 nitrogen and oxygen atoms in total. The molecule has 6 heteroatoms. The molecule has 1 aromatic rings. The van der Waals surface area contributed by atoms with Gasteiger partial charge >= 0.3 is 5.97 Å². The molecular formula is C12H14N2O3S. The number of carboxylic acids is 1. The predicted molar refractivity (Wildman–Crippen MR) is 71.1 cm³/mol. The second-order valence-electron chi connectivity index (χ2n) is 4.17. The van der Waals surface area contributed by atoms with Gasteiger partial charge in [-0.15, -0.1) is 11.8 Å². The van der Waals surface area contributed by atoms with Crippen LogP contribution in [0.3, 0.4) is 0 Å². The number of hydrogen-bond acceptors (Lipinski definition) is 4. The lowest BCUT2D eigenvalue weighted by Gasteiger charge is -2.18. The monoisotopic (exact) mass is 266 g/mol. The molecule has 0 saturated carbocycles. The Labute approximate surface area is 109 Å². The first-order valence-electron chi connectivity index (χ1n) is 5.59. The highest BCUT2D eigenvalue weighted by molar-refractivity contribution is 8.00. The summed E-state index contributed by atoms with van der Waals surface area (Å²) < 4.78 is 0. The Morgan fingerprint density at radius 3 is 3.11 bits per heavy atom. The van der Waals surface area contributed by atoms with E-state index in [2.05, 4.69) is 10.6 Å². The van der Waals surface area contributed by atoms with E-state index in [4.69, 9.17) is 5.11 Å². The largest absolute Gasteiger partial charge is 0.481 e. The van der Waals surface area contributed by atoms with Crippen LogP contribution in [0.15, 0.2) is 23.1 Å². The molecule has 1 unspecified atom stereocenters. The van der Waals surface area contributed by atoms with Crippen LogP contribution in [-0.4, -0.2) is 29.3 Å². The van der Waals surface area contributed by atoms with Crippen LogP contribution in [0.1, 0.15) is 6.92 Å². The van der Waals surface area contributed by atoms with Gasteiger partial charge in [-0.1, -0.05) is 6.92 Å². The summed E-state index contributed by atoms with van der Waals surface area (Å²) in [5.74, 6) is -0.853. The highest BCUT2D eigenvalue weighted by Gasteiger charge is 2.16. The molecule has 0 aliphatic carbocycles. The van der Waals surface area contributed by atoms with Crippen molar-refractivity contribution >= 4 is 35.0 Å². The minimum absolute atomic E-state index is 0.0106. The van der Waals surface area contributed by atoms with E-state index >= 15 is 0 Å². The minimum atomic E-state index is -0.829. The first kappa shape index (κ1) is 12.8. The molecular weight excluding hydrogens is 252 g/mol. The number of carbonyl (C=O) groups excluding carboxylic acids is 1. The molecule has 3 N–H and O–H groups in total. The zero-order chi connectivity index (χ0) is 13.1. The van der Waals surface area contributed by atoms with Gasteiger partial charge in [-0.3, -0.25) is 9.59 Å². The molecule has 1 atom stereocenters. The number of nitrogens with one attached hydrogen (secondary N) is 2. The summed E-state index contributed by atoms with van der Waals surface area (Å²) in [5, 5.41) is 14.6. The number of rotatable bonds is 4. The van der Waals surface area contributed by atoms with Crippen molar-refractivity contribution in [3.05, 3.63) is 18.2 Å². The summed E-state index contributed by atoms with van der Waals surface area (Å²) in [6.07, 6.45) is 0. The van der Waals surface area contributed by atoms with Crippen LogP contribution in [0.4, 0.5) is 11.4 Å². The standard InChI is InChI=1S/C12H14N2O3S/c1-7(12(16)17)5-13-8-2-3-10-9(4-8)14-11(15)6-18-10/h2-4,7,13H,5-6H2,1H3,(H,14,15)(H,16,17). The number of carbonyl (C=O) groups is 2. The number of fused-ring (bicyclic) bond motifs is 1. The summed E-state index contributed by atoms with van der Waals surface area (Å²) in [7, 11) is 0. The first-order valence-corrected chi connectivity index (χ1v) is 6.58. The summed E-state index contributed by atoms with van der Waals surface area (Å²) in [4.78, 5) is 23.0. The summed E-state index contributed by atoms with van der Waals surface area (Å²) in [6, 6.07) is 5.64. The summed E-state index contributed by atoms with van der Waals surface area (Å²) >= 11 is 1.50. The Morgan fingerprint density at radius 2 is 2.39 bits per heavy atom. The third-order valence-corrected chi connectivity index (χ3v) is 3.72. The molecule has 1 aliphatic rings. The quantitative estimate of drug-likeness (QED) is 0.775. The fraction of sp³-hybridized carbons (Fsp3) is 0.333. The summed E-state index contributed by atoms with van der Waals surface area (Å²) in [6.45, 7) is 2.00. The van der Waals surface area contributed by atoms with E-state index in [1.165, 1.54) is 11.8 Å². The lowest BCUT2D eigenvalue weighted by atomic mass is 10.2. The Hall–Kier alpha value is -1.69. The zero-order valence-electron chi connectivity index (χ0n) is 9.90. The number of amides is 1. The van der Waals surface area contributed by atoms with Gasteiger partial charge in [0, 0.05) is 17.1 Å². The van der Waals surface area contributed by atoms with Crippen molar-refractivity contribution in [1.29, 1.82) is 0 Å². The second kappa shape index (κ2) is 5.30. The van der Waals surface area contributed by atoms with E-state index in [1.807, 2.05) is 18.2 Å². The van der Waals surface area contributed by atoms with Crippen molar-refractivity contribution in [3.63, 3.8) is 0 Å². The van der Waals surface area contributed by atoms with Crippen LogP contribution < -0.4 is 10.6 Å². The van der Waals surface area contributed by atoms with Crippen LogP contribution in [0.25, 0.3) is 0 Å². The fourth-order valence-electron chi connectivity index (χ4n) is 1.55. The molecule has 1 aliphatic heterocycles. The maximum atomic E-state index is 11.3. The third-order valence-electron chi connectivity index (χ3n) is 2.65. The van der Waals surface area contributed by atoms with Gasteiger partial charge in [0.15, 0.2) is 0 Å².